The molecule has 12 nitrogen and oxygen atoms in total. The summed E-state index contributed by atoms with van der Waals surface area (Å²) in [5.41, 5.74) is 3.22. The van der Waals surface area contributed by atoms with Crippen LogP contribution in [0.3, 0.4) is 0 Å². The van der Waals surface area contributed by atoms with E-state index in [2.05, 4.69) is 25.9 Å². The number of nitrogens with zero attached hydrogens (tertiary/aromatic N) is 2. The highest BCUT2D eigenvalue weighted by Crippen LogP contribution is 2.25. The van der Waals surface area contributed by atoms with Crippen LogP contribution in [0.25, 0.3) is 0 Å². The molecule has 4 N–H and O–H groups in total. The molecule has 1 aliphatic rings. The minimum absolute atomic E-state index is 0.0329. The third-order valence-electron chi connectivity index (χ3n) is 5.28. The molecule has 0 saturated heterocycles. The van der Waals surface area contributed by atoms with Gasteiger partial charge in [0.05, 0.1) is 12.9 Å². The maximum absolute atomic E-state index is 12.6. The van der Waals surface area contributed by atoms with E-state index >= 15 is 0 Å². The number of urea groups is 1. The van der Waals surface area contributed by atoms with E-state index in [0.717, 1.165) is 35.9 Å². The van der Waals surface area contributed by atoms with Crippen LogP contribution in [0.15, 0.2) is 54.9 Å². The SMILES string of the molecule is CS(=O)(=O)NC(=O)Nc1ccc(CNC(=O)c2cc(C(=O)NCc3ccc4c(c3)CCO4)ncn2)cc1. The highest BCUT2D eigenvalue weighted by Gasteiger charge is 2.15. The largest absolute Gasteiger partial charge is 0.493 e. The number of fused-ring (bicyclic) bond motifs is 1. The van der Waals surface area contributed by atoms with Gasteiger partial charge in [0.1, 0.15) is 23.5 Å². The van der Waals surface area contributed by atoms with E-state index in [1.165, 1.54) is 6.07 Å². The van der Waals surface area contributed by atoms with Crippen LogP contribution in [0.1, 0.15) is 37.7 Å². The van der Waals surface area contributed by atoms with Gasteiger partial charge in [-0.15, -0.1) is 0 Å². The molecular weight excluding hydrogens is 500 g/mol. The molecule has 4 amide bonds. The van der Waals surface area contributed by atoms with E-state index in [9.17, 15) is 22.8 Å². The van der Waals surface area contributed by atoms with Crippen molar-refractivity contribution < 1.29 is 27.5 Å². The van der Waals surface area contributed by atoms with Crippen LogP contribution in [-0.2, 0) is 29.5 Å². The Morgan fingerprint density at radius 2 is 1.51 bits per heavy atom. The Labute approximate surface area is 212 Å². The summed E-state index contributed by atoms with van der Waals surface area (Å²) in [4.78, 5) is 44.6. The lowest BCUT2D eigenvalue weighted by Crippen LogP contribution is -2.33. The van der Waals surface area contributed by atoms with Crippen molar-refractivity contribution in [3.05, 3.63) is 82.9 Å². The maximum Gasteiger partial charge on any atom is 0.332 e. The highest BCUT2D eigenvalue weighted by molar-refractivity contribution is 7.89. The molecule has 37 heavy (non-hydrogen) atoms. The molecule has 0 aliphatic carbocycles. The molecule has 192 valence electrons. The van der Waals surface area contributed by atoms with Gasteiger partial charge in [-0.05, 0) is 34.9 Å². The predicted molar refractivity (Wildman–Crippen MR) is 133 cm³/mol. The molecule has 1 aliphatic heterocycles. The van der Waals surface area contributed by atoms with E-state index < -0.39 is 27.9 Å². The van der Waals surface area contributed by atoms with Crippen LogP contribution in [0, 0.1) is 0 Å². The number of amides is 4. The van der Waals surface area contributed by atoms with Gasteiger partial charge >= 0.3 is 6.03 Å². The first-order valence-corrected chi connectivity index (χ1v) is 13.1. The van der Waals surface area contributed by atoms with Gasteiger partial charge in [0, 0.05) is 31.3 Å². The number of carbonyl (C=O) groups is 3. The number of benzene rings is 2. The van der Waals surface area contributed by atoms with Gasteiger partial charge in [-0.1, -0.05) is 24.3 Å². The van der Waals surface area contributed by atoms with Crippen LogP contribution in [-0.4, -0.2) is 49.1 Å². The van der Waals surface area contributed by atoms with Gasteiger partial charge in [0.2, 0.25) is 10.0 Å². The fourth-order valence-electron chi connectivity index (χ4n) is 3.53. The molecule has 0 saturated carbocycles. The number of aromatic nitrogens is 2. The van der Waals surface area contributed by atoms with Gasteiger partial charge < -0.3 is 20.7 Å². The Bertz CT molecular complexity index is 1440. The van der Waals surface area contributed by atoms with Crippen molar-refractivity contribution in [3.8, 4) is 5.75 Å². The van der Waals surface area contributed by atoms with Crippen molar-refractivity contribution in [2.24, 2.45) is 0 Å². The Hall–Kier alpha value is -4.52. The standard InChI is InChI=1S/C24H24N6O6S/c1-37(34,35)30-24(33)29-18-5-2-15(3-6-18)12-25-22(31)19-11-20(28-14-27-19)23(32)26-13-16-4-7-21-17(10-16)8-9-36-21/h2-7,10-11,14H,8-9,12-13H2,1H3,(H,25,31)(H,26,32)(H2,29,30,33). The molecule has 0 fully saturated rings. The summed E-state index contributed by atoms with van der Waals surface area (Å²) in [6.45, 7) is 1.12. The van der Waals surface area contributed by atoms with Crippen molar-refractivity contribution in [1.82, 2.24) is 25.3 Å². The summed E-state index contributed by atoms with van der Waals surface area (Å²) >= 11 is 0. The molecule has 1 aromatic heterocycles. The first-order valence-electron chi connectivity index (χ1n) is 11.2. The second kappa shape index (κ2) is 11.0. The number of hydrogen-bond acceptors (Lipinski definition) is 8. The summed E-state index contributed by atoms with van der Waals surface area (Å²) < 4.78 is 29.5. The second-order valence-corrected chi connectivity index (χ2v) is 9.97. The molecule has 0 radical (unpaired) electrons. The highest BCUT2D eigenvalue weighted by atomic mass is 32.2. The zero-order valence-corrected chi connectivity index (χ0v) is 20.6. The number of ether oxygens (including phenoxy) is 1. The van der Waals surface area contributed by atoms with E-state index in [4.69, 9.17) is 4.74 Å². The Morgan fingerprint density at radius 3 is 2.16 bits per heavy atom. The number of anilines is 1. The van der Waals surface area contributed by atoms with E-state index in [1.54, 1.807) is 29.0 Å². The average Bonchev–Trinajstić information content (AvgIpc) is 3.33. The predicted octanol–water partition coefficient (Wildman–Crippen LogP) is 1.35. The molecule has 2 heterocycles. The number of carbonyl (C=O) groups excluding carboxylic acids is 3. The molecule has 0 bridgehead atoms. The topological polar surface area (TPSA) is 168 Å². The third-order valence-corrected chi connectivity index (χ3v) is 5.84. The maximum atomic E-state index is 12.6. The fourth-order valence-corrected chi connectivity index (χ4v) is 3.92. The summed E-state index contributed by atoms with van der Waals surface area (Å²) in [5, 5.41) is 7.88. The monoisotopic (exact) mass is 524 g/mol. The van der Waals surface area contributed by atoms with E-state index in [-0.39, 0.29) is 17.9 Å². The number of rotatable bonds is 8. The number of hydrogen-bond donors (Lipinski definition) is 4. The molecule has 0 atom stereocenters. The molecule has 3 aromatic rings. The normalized spacial score (nSPS) is 12.1. The van der Waals surface area contributed by atoms with Gasteiger partial charge in [-0.3, -0.25) is 9.59 Å². The van der Waals surface area contributed by atoms with Gasteiger partial charge in [0.15, 0.2) is 0 Å². The quantitative estimate of drug-likeness (QED) is 0.342. The van der Waals surface area contributed by atoms with Crippen molar-refractivity contribution in [2.45, 2.75) is 19.5 Å². The van der Waals surface area contributed by atoms with Crippen LogP contribution >= 0.6 is 0 Å². The number of nitrogens with one attached hydrogen (secondary N) is 4. The van der Waals surface area contributed by atoms with Crippen LogP contribution in [0.5, 0.6) is 5.75 Å². The van der Waals surface area contributed by atoms with E-state index in [1.807, 2.05) is 18.2 Å². The summed E-state index contributed by atoms with van der Waals surface area (Å²) in [6.07, 6.45) is 2.86. The lowest BCUT2D eigenvalue weighted by molar-refractivity contribution is 0.0944. The lowest BCUT2D eigenvalue weighted by Gasteiger charge is -2.09. The third kappa shape index (κ3) is 7.24. The zero-order chi connectivity index (χ0) is 26.4. The fraction of sp³-hybridized carbons (Fsp3) is 0.208. The van der Waals surface area contributed by atoms with Crippen molar-refractivity contribution >= 4 is 33.6 Å². The lowest BCUT2D eigenvalue weighted by atomic mass is 10.1. The van der Waals surface area contributed by atoms with Crippen molar-refractivity contribution in [3.63, 3.8) is 0 Å². The smallest absolute Gasteiger partial charge is 0.332 e. The van der Waals surface area contributed by atoms with Gasteiger partial charge in [0.25, 0.3) is 11.8 Å². The first kappa shape index (κ1) is 25.6. The summed E-state index contributed by atoms with van der Waals surface area (Å²) in [5.74, 6) is -0.0628. The van der Waals surface area contributed by atoms with Crippen LogP contribution in [0.2, 0.25) is 0 Å². The zero-order valence-electron chi connectivity index (χ0n) is 19.8. The summed E-state index contributed by atoms with van der Waals surface area (Å²) in [6, 6.07) is 12.6. The Kier molecular flexibility index (Phi) is 7.63. The summed E-state index contributed by atoms with van der Waals surface area (Å²) in [7, 11) is -3.67. The first-order chi connectivity index (χ1) is 17.7. The van der Waals surface area contributed by atoms with Crippen LogP contribution in [0.4, 0.5) is 10.5 Å². The van der Waals surface area contributed by atoms with Gasteiger partial charge in [-0.25, -0.2) is 27.9 Å². The molecule has 13 heteroatoms. The average molecular weight is 525 g/mol. The Morgan fingerprint density at radius 1 is 0.892 bits per heavy atom. The molecule has 2 aromatic carbocycles. The van der Waals surface area contributed by atoms with Crippen molar-refractivity contribution in [1.29, 1.82) is 0 Å². The number of sulfonamides is 1. The van der Waals surface area contributed by atoms with E-state index in [0.29, 0.717) is 24.4 Å². The minimum Gasteiger partial charge on any atom is -0.493 e. The van der Waals surface area contributed by atoms with Gasteiger partial charge in [-0.2, -0.15) is 0 Å². The molecule has 0 spiro atoms. The second-order valence-electron chi connectivity index (χ2n) is 8.22. The molecule has 0 unspecified atom stereocenters. The van der Waals surface area contributed by atoms with Crippen LogP contribution < -0.4 is 25.4 Å². The molecular formula is C24H24N6O6S. The molecule has 4 rings (SSSR count). The Balaban J connectivity index is 1.28. The van der Waals surface area contributed by atoms with Crippen molar-refractivity contribution in [2.75, 3.05) is 18.2 Å². The minimum atomic E-state index is -3.67.